The largest absolute Gasteiger partial charge is 0.489 e. The Kier molecular flexibility index (Phi) is 8.44. The van der Waals surface area contributed by atoms with Gasteiger partial charge in [-0.05, 0) is 56.5 Å². The first-order valence-corrected chi connectivity index (χ1v) is 12.1. The Bertz CT molecular complexity index is 844. The third-order valence-corrected chi connectivity index (χ3v) is 7.10. The summed E-state index contributed by atoms with van der Waals surface area (Å²) in [7, 11) is 2.17. The number of hydrogen-bond acceptors (Lipinski definition) is 5. The summed E-state index contributed by atoms with van der Waals surface area (Å²) in [6, 6.07) is 16.8. The molecule has 2 aromatic rings. The lowest BCUT2D eigenvalue weighted by Gasteiger charge is -2.38. The topological polar surface area (TPSA) is 45.2 Å². The molecule has 6 heteroatoms. The van der Waals surface area contributed by atoms with Crippen LogP contribution in [0.15, 0.2) is 48.5 Å². The highest BCUT2D eigenvalue weighted by Gasteiger charge is 2.32. The zero-order valence-electron chi connectivity index (χ0n) is 19.0. The number of aliphatic hydroxyl groups excluding tert-OH is 1. The number of likely N-dealkylation sites (tertiary alicyclic amines) is 1. The van der Waals surface area contributed by atoms with Crippen LogP contribution in [0.3, 0.4) is 0 Å². The average Bonchev–Trinajstić information content (AvgIpc) is 3.00. The third kappa shape index (κ3) is 6.24. The van der Waals surface area contributed by atoms with Gasteiger partial charge in [-0.3, -0.25) is 9.80 Å². The van der Waals surface area contributed by atoms with E-state index in [2.05, 4.69) is 29.0 Å². The Morgan fingerprint density at radius 1 is 1.06 bits per heavy atom. The van der Waals surface area contributed by atoms with E-state index in [1.165, 1.54) is 0 Å². The van der Waals surface area contributed by atoms with Crippen molar-refractivity contribution in [2.75, 3.05) is 33.4 Å². The molecule has 0 aromatic heterocycles. The normalized spacial score (nSPS) is 23.2. The summed E-state index contributed by atoms with van der Waals surface area (Å²) in [6.45, 7) is 4.76. The maximum atomic E-state index is 10.9. The monoisotopic (exact) mass is 458 g/mol. The van der Waals surface area contributed by atoms with Gasteiger partial charge in [0.2, 0.25) is 0 Å². The quantitative estimate of drug-likeness (QED) is 0.668. The van der Waals surface area contributed by atoms with Crippen molar-refractivity contribution in [1.82, 2.24) is 9.80 Å². The van der Waals surface area contributed by atoms with E-state index in [1.54, 1.807) is 0 Å². The van der Waals surface area contributed by atoms with Crippen molar-refractivity contribution in [3.8, 4) is 5.75 Å². The Labute approximate surface area is 196 Å². The summed E-state index contributed by atoms with van der Waals surface area (Å²) in [5.74, 6) is 0.874. The van der Waals surface area contributed by atoms with Crippen LogP contribution in [0.4, 0.5) is 0 Å². The number of ether oxygens (including phenoxy) is 2. The summed E-state index contributed by atoms with van der Waals surface area (Å²) < 4.78 is 11.7. The third-order valence-electron chi connectivity index (χ3n) is 6.87. The van der Waals surface area contributed by atoms with Crippen molar-refractivity contribution < 1.29 is 14.6 Å². The van der Waals surface area contributed by atoms with Crippen LogP contribution in [0.5, 0.6) is 5.75 Å². The molecule has 0 saturated carbocycles. The first kappa shape index (κ1) is 23.5. The molecule has 0 aliphatic carbocycles. The molecule has 0 spiro atoms. The molecule has 2 fully saturated rings. The molecule has 5 nitrogen and oxygen atoms in total. The van der Waals surface area contributed by atoms with E-state index in [0.717, 1.165) is 80.4 Å². The second-order valence-electron chi connectivity index (χ2n) is 9.02. The number of likely N-dealkylation sites (N-methyl/N-ethyl adjacent to an activating group) is 1. The van der Waals surface area contributed by atoms with Crippen LogP contribution < -0.4 is 4.74 Å². The van der Waals surface area contributed by atoms with Crippen LogP contribution >= 0.6 is 11.6 Å². The minimum Gasteiger partial charge on any atom is -0.489 e. The molecule has 32 heavy (non-hydrogen) atoms. The number of halogens is 1. The summed E-state index contributed by atoms with van der Waals surface area (Å²) in [4.78, 5) is 4.83. The summed E-state index contributed by atoms with van der Waals surface area (Å²) in [5, 5.41) is 11.6. The number of hydrogen-bond donors (Lipinski definition) is 1. The van der Waals surface area contributed by atoms with Crippen LogP contribution in [0.25, 0.3) is 0 Å². The van der Waals surface area contributed by atoms with Crippen molar-refractivity contribution in [3.63, 3.8) is 0 Å². The minimum absolute atomic E-state index is 0.191. The van der Waals surface area contributed by atoms with Crippen molar-refractivity contribution in [1.29, 1.82) is 0 Å². The van der Waals surface area contributed by atoms with Gasteiger partial charge in [0, 0.05) is 55.5 Å². The van der Waals surface area contributed by atoms with Gasteiger partial charge in [0.1, 0.15) is 12.4 Å². The van der Waals surface area contributed by atoms with Crippen molar-refractivity contribution in [3.05, 3.63) is 64.7 Å². The van der Waals surface area contributed by atoms with Crippen LogP contribution in [0.1, 0.15) is 36.8 Å². The Hall–Kier alpha value is -1.63. The molecule has 174 valence electrons. The van der Waals surface area contributed by atoms with Gasteiger partial charge in [-0.25, -0.2) is 0 Å². The zero-order chi connectivity index (χ0) is 22.3. The molecule has 2 aliphatic heterocycles. The fraction of sp³-hybridized carbons (Fsp3) is 0.538. The van der Waals surface area contributed by atoms with Gasteiger partial charge >= 0.3 is 0 Å². The smallest absolute Gasteiger partial charge is 0.124 e. The summed E-state index contributed by atoms with van der Waals surface area (Å²) >= 11 is 6.33. The van der Waals surface area contributed by atoms with Gasteiger partial charge in [0.05, 0.1) is 6.10 Å². The molecular formula is C26H35ClN2O3. The van der Waals surface area contributed by atoms with E-state index in [9.17, 15) is 5.11 Å². The molecule has 2 aliphatic rings. The van der Waals surface area contributed by atoms with E-state index in [4.69, 9.17) is 21.1 Å². The lowest BCUT2D eigenvalue weighted by Crippen LogP contribution is -2.48. The van der Waals surface area contributed by atoms with Crippen molar-refractivity contribution in [2.24, 2.45) is 0 Å². The molecule has 2 heterocycles. The van der Waals surface area contributed by atoms with Crippen molar-refractivity contribution >= 4 is 11.6 Å². The van der Waals surface area contributed by atoms with E-state index >= 15 is 0 Å². The standard InChI is InChI=1S/C26H35ClN2O3/c1-28(23-11-15-31-16-12-23)24-9-13-29(14-10-25(24)30)18-21-17-22(27)7-8-26(21)32-19-20-5-3-2-4-6-20/h2-8,17,23-25,30H,9-16,18-19H2,1H3/t24-,25-/m0/s1. The molecule has 0 amide bonds. The molecule has 0 bridgehead atoms. The fourth-order valence-electron chi connectivity index (χ4n) is 4.91. The van der Waals surface area contributed by atoms with Crippen LogP contribution in [-0.4, -0.2) is 66.4 Å². The Morgan fingerprint density at radius 3 is 2.59 bits per heavy atom. The maximum absolute atomic E-state index is 10.9. The van der Waals surface area contributed by atoms with E-state index in [0.29, 0.717) is 12.6 Å². The molecule has 4 rings (SSSR count). The van der Waals surface area contributed by atoms with E-state index < -0.39 is 0 Å². The van der Waals surface area contributed by atoms with Gasteiger partial charge in [-0.15, -0.1) is 0 Å². The summed E-state index contributed by atoms with van der Waals surface area (Å²) in [5.41, 5.74) is 2.24. The maximum Gasteiger partial charge on any atom is 0.124 e. The highest BCUT2D eigenvalue weighted by molar-refractivity contribution is 6.30. The second-order valence-corrected chi connectivity index (χ2v) is 9.46. The molecule has 0 unspecified atom stereocenters. The van der Waals surface area contributed by atoms with Crippen LogP contribution in [-0.2, 0) is 17.9 Å². The highest BCUT2D eigenvalue weighted by Crippen LogP contribution is 2.28. The minimum atomic E-state index is -0.305. The number of nitrogens with zero attached hydrogens (tertiary/aromatic N) is 2. The fourth-order valence-corrected chi connectivity index (χ4v) is 5.11. The Morgan fingerprint density at radius 2 is 1.81 bits per heavy atom. The molecule has 0 radical (unpaired) electrons. The van der Waals surface area contributed by atoms with Gasteiger partial charge in [0.15, 0.2) is 0 Å². The van der Waals surface area contributed by atoms with Gasteiger partial charge in [0.25, 0.3) is 0 Å². The van der Waals surface area contributed by atoms with Gasteiger partial charge < -0.3 is 14.6 Å². The van der Waals surface area contributed by atoms with E-state index in [1.807, 2.05) is 36.4 Å². The second kappa shape index (κ2) is 11.5. The molecule has 2 aromatic carbocycles. The zero-order valence-corrected chi connectivity index (χ0v) is 19.7. The van der Waals surface area contributed by atoms with Gasteiger partial charge in [-0.2, -0.15) is 0 Å². The predicted molar refractivity (Wildman–Crippen MR) is 128 cm³/mol. The number of benzene rings is 2. The number of rotatable bonds is 7. The van der Waals surface area contributed by atoms with Crippen LogP contribution in [0, 0.1) is 0 Å². The average molecular weight is 459 g/mol. The molecule has 2 saturated heterocycles. The van der Waals surface area contributed by atoms with E-state index in [-0.39, 0.29) is 12.1 Å². The van der Waals surface area contributed by atoms with Crippen molar-refractivity contribution in [2.45, 2.75) is 57.0 Å². The molecular weight excluding hydrogens is 424 g/mol. The lowest BCUT2D eigenvalue weighted by atomic mass is 9.99. The first-order valence-electron chi connectivity index (χ1n) is 11.8. The first-order chi connectivity index (χ1) is 15.6. The van der Waals surface area contributed by atoms with Crippen LogP contribution in [0.2, 0.25) is 5.02 Å². The highest BCUT2D eigenvalue weighted by atomic mass is 35.5. The SMILES string of the molecule is CN(C1CCOCC1)[C@H]1CCN(Cc2cc(Cl)ccc2OCc2ccccc2)CC[C@@H]1O. The summed E-state index contributed by atoms with van der Waals surface area (Å²) in [6.07, 6.45) is 3.53. The number of aliphatic hydroxyl groups is 1. The molecule has 2 atom stereocenters. The predicted octanol–water partition coefficient (Wildman–Crippen LogP) is 4.36. The molecule has 1 N–H and O–H groups in total. The lowest BCUT2D eigenvalue weighted by molar-refractivity contribution is -0.00758. The Balaban J connectivity index is 1.39. The van der Waals surface area contributed by atoms with Gasteiger partial charge in [-0.1, -0.05) is 41.9 Å².